The fourth-order valence-corrected chi connectivity index (χ4v) is 4.95. The summed E-state index contributed by atoms with van der Waals surface area (Å²) in [5.74, 6) is 1.20. The average Bonchev–Trinajstić information content (AvgIpc) is 3.37. The minimum atomic E-state index is -0.184. The minimum Gasteiger partial charge on any atom is -0.310 e. The Bertz CT molecular complexity index is 1240. The van der Waals surface area contributed by atoms with E-state index in [-0.39, 0.29) is 11.7 Å². The van der Waals surface area contributed by atoms with Crippen molar-refractivity contribution in [2.45, 2.75) is 18.6 Å². The SMILES string of the molecule is C=CCn1c(SCC(=O)Nc2ccc(Cl)cn2)nnc1-c1csc(C)c1-c1ccccc1. The molecule has 0 saturated heterocycles. The highest BCUT2D eigenvalue weighted by molar-refractivity contribution is 7.99. The number of rotatable bonds is 8. The van der Waals surface area contributed by atoms with Gasteiger partial charge in [-0.05, 0) is 24.6 Å². The summed E-state index contributed by atoms with van der Waals surface area (Å²) in [6.07, 6.45) is 3.29. The zero-order valence-corrected chi connectivity index (χ0v) is 19.7. The van der Waals surface area contributed by atoms with E-state index in [1.165, 1.54) is 22.8 Å². The van der Waals surface area contributed by atoms with E-state index in [0.29, 0.717) is 22.5 Å². The van der Waals surface area contributed by atoms with Crippen LogP contribution in [0.25, 0.3) is 22.5 Å². The number of carbonyl (C=O) groups is 1. The van der Waals surface area contributed by atoms with Gasteiger partial charge in [-0.25, -0.2) is 4.98 Å². The predicted octanol–water partition coefficient (Wildman–Crippen LogP) is 5.95. The standard InChI is InChI=1S/C23H20ClN5OS2/c1-3-11-29-22(18-13-31-15(2)21(18)16-7-5-4-6-8-16)27-28-23(29)32-14-20(30)26-19-10-9-17(24)12-25-19/h3-10,12-13H,1,11,14H2,2H3,(H,25,26,30). The maximum absolute atomic E-state index is 12.4. The van der Waals surface area contributed by atoms with Gasteiger partial charge in [0.25, 0.3) is 0 Å². The second-order valence-corrected chi connectivity index (χ2v) is 9.31. The molecule has 1 amide bonds. The van der Waals surface area contributed by atoms with Crippen molar-refractivity contribution in [3.63, 3.8) is 0 Å². The molecule has 0 saturated carbocycles. The van der Waals surface area contributed by atoms with E-state index in [1.54, 1.807) is 29.5 Å². The zero-order chi connectivity index (χ0) is 22.5. The van der Waals surface area contributed by atoms with Crippen molar-refractivity contribution in [3.8, 4) is 22.5 Å². The second-order valence-electron chi connectivity index (χ2n) is 6.85. The molecule has 1 N–H and O–H groups in total. The summed E-state index contributed by atoms with van der Waals surface area (Å²) in [5, 5.41) is 14.9. The van der Waals surface area contributed by atoms with Crippen LogP contribution < -0.4 is 5.32 Å². The number of allylic oxidation sites excluding steroid dienone is 1. The molecule has 1 aromatic carbocycles. The molecule has 3 aromatic heterocycles. The van der Waals surface area contributed by atoms with Crippen LogP contribution in [-0.2, 0) is 11.3 Å². The number of hydrogen-bond donors (Lipinski definition) is 1. The molecule has 162 valence electrons. The molecule has 32 heavy (non-hydrogen) atoms. The quantitative estimate of drug-likeness (QED) is 0.249. The van der Waals surface area contributed by atoms with Gasteiger partial charge >= 0.3 is 0 Å². The Morgan fingerprint density at radius 1 is 1.25 bits per heavy atom. The molecular weight excluding hydrogens is 462 g/mol. The van der Waals surface area contributed by atoms with Gasteiger partial charge in [0.2, 0.25) is 5.91 Å². The van der Waals surface area contributed by atoms with Gasteiger partial charge in [0.15, 0.2) is 11.0 Å². The average molecular weight is 482 g/mol. The topological polar surface area (TPSA) is 72.7 Å². The van der Waals surface area contributed by atoms with Crippen molar-refractivity contribution in [3.05, 3.63) is 76.6 Å². The van der Waals surface area contributed by atoms with Crippen LogP contribution in [-0.4, -0.2) is 31.4 Å². The van der Waals surface area contributed by atoms with E-state index in [2.05, 4.69) is 51.5 Å². The molecule has 3 heterocycles. The first kappa shape index (κ1) is 22.3. The van der Waals surface area contributed by atoms with Gasteiger partial charge in [0.1, 0.15) is 5.82 Å². The lowest BCUT2D eigenvalue weighted by atomic mass is 10.0. The summed E-state index contributed by atoms with van der Waals surface area (Å²) in [5.41, 5.74) is 3.31. The van der Waals surface area contributed by atoms with Crippen molar-refractivity contribution >= 4 is 46.4 Å². The molecule has 0 aliphatic carbocycles. The van der Waals surface area contributed by atoms with Gasteiger partial charge in [-0.1, -0.05) is 59.8 Å². The van der Waals surface area contributed by atoms with E-state index >= 15 is 0 Å². The van der Waals surface area contributed by atoms with Gasteiger partial charge in [-0.3, -0.25) is 9.36 Å². The monoisotopic (exact) mass is 481 g/mol. The van der Waals surface area contributed by atoms with E-state index < -0.39 is 0 Å². The molecule has 0 atom stereocenters. The molecule has 0 unspecified atom stereocenters. The smallest absolute Gasteiger partial charge is 0.236 e. The largest absolute Gasteiger partial charge is 0.310 e. The summed E-state index contributed by atoms with van der Waals surface area (Å²) in [4.78, 5) is 17.7. The zero-order valence-electron chi connectivity index (χ0n) is 17.3. The number of amides is 1. The maximum Gasteiger partial charge on any atom is 0.236 e. The molecule has 0 bridgehead atoms. The molecule has 0 spiro atoms. The normalized spacial score (nSPS) is 10.8. The van der Waals surface area contributed by atoms with Gasteiger partial charge in [0.05, 0.1) is 10.8 Å². The third kappa shape index (κ3) is 4.93. The summed E-state index contributed by atoms with van der Waals surface area (Å²) in [7, 11) is 0. The Kier molecular flexibility index (Phi) is 7.04. The number of thioether (sulfide) groups is 1. The number of carbonyl (C=O) groups excluding carboxylic acids is 1. The fourth-order valence-electron chi connectivity index (χ4n) is 3.23. The van der Waals surface area contributed by atoms with Crippen molar-refractivity contribution in [2.75, 3.05) is 11.1 Å². The van der Waals surface area contributed by atoms with Crippen LogP contribution in [0.3, 0.4) is 0 Å². The predicted molar refractivity (Wildman–Crippen MR) is 132 cm³/mol. The number of nitrogens with one attached hydrogen (secondary N) is 1. The van der Waals surface area contributed by atoms with Crippen LogP contribution in [0.5, 0.6) is 0 Å². The van der Waals surface area contributed by atoms with Crippen LogP contribution >= 0.6 is 34.7 Å². The molecule has 9 heteroatoms. The minimum absolute atomic E-state index is 0.174. The summed E-state index contributed by atoms with van der Waals surface area (Å²) < 4.78 is 1.99. The van der Waals surface area contributed by atoms with Crippen LogP contribution in [0, 0.1) is 6.92 Å². The lowest BCUT2D eigenvalue weighted by molar-refractivity contribution is -0.113. The lowest BCUT2D eigenvalue weighted by Crippen LogP contribution is -2.15. The Labute approximate surface area is 199 Å². The number of aromatic nitrogens is 4. The van der Waals surface area contributed by atoms with E-state index in [4.69, 9.17) is 11.6 Å². The van der Waals surface area contributed by atoms with E-state index in [9.17, 15) is 4.79 Å². The molecule has 0 aliphatic rings. The van der Waals surface area contributed by atoms with Gasteiger partial charge < -0.3 is 5.32 Å². The van der Waals surface area contributed by atoms with Crippen molar-refractivity contribution in [1.82, 2.24) is 19.7 Å². The van der Waals surface area contributed by atoms with E-state index in [0.717, 1.165) is 22.5 Å². The Hall–Kier alpha value is -2.94. The first-order valence-corrected chi connectivity index (χ1v) is 12.0. The highest BCUT2D eigenvalue weighted by atomic mass is 35.5. The fraction of sp³-hybridized carbons (Fsp3) is 0.130. The first-order valence-electron chi connectivity index (χ1n) is 9.79. The molecule has 0 fully saturated rings. The van der Waals surface area contributed by atoms with Gasteiger partial charge in [-0.2, -0.15) is 0 Å². The van der Waals surface area contributed by atoms with Crippen molar-refractivity contribution in [1.29, 1.82) is 0 Å². The third-order valence-corrected chi connectivity index (χ3v) is 6.74. The van der Waals surface area contributed by atoms with Crippen molar-refractivity contribution < 1.29 is 4.79 Å². The molecule has 0 aliphatic heterocycles. The molecule has 4 rings (SSSR count). The third-order valence-electron chi connectivity index (χ3n) is 4.63. The molecule has 6 nitrogen and oxygen atoms in total. The van der Waals surface area contributed by atoms with Gasteiger partial charge in [0, 0.05) is 34.1 Å². The Morgan fingerprint density at radius 2 is 2.06 bits per heavy atom. The summed E-state index contributed by atoms with van der Waals surface area (Å²) in [6.45, 7) is 6.52. The number of hydrogen-bond acceptors (Lipinski definition) is 6. The summed E-state index contributed by atoms with van der Waals surface area (Å²) >= 11 is 8.84. The van der Waals surface area contributed by atoms with Crippen LogP contribution in [0.15, 0.2) is 71.9 Å². The molecule has 0 radical (unpaired) electrons. The molecule has 4 aromatic rings. The number of nitrogens with zero attached hydrogens (tertiary/aromatic N) is 4. The number of aryl methyl sites for hydroxylation is 1. The number of pyridine rings is 1. The number of halogens is 1. The van der Waals surface area contributed by atoms with Crippen LogP contribution in [0.1, 0.15) is 4.88 Å². The highest BCUT2D eigenvalue weighted by Gasteiger charge is 2.20. The Morgan fingerprint density at radius 3 is 2.78 bits per heavy atom. The van der Waals surface area contributed by atoms with E-state index in [1.807, 2.05) is 22.8 Å². The summed E-state index contributed by atoms with van der Waals surface area (Å²) in [6, 6.07) is 13.6. The second kappa shape index (κ2) is 10.1. The number of benzene rings is 1. The van der Waals surface area contributed by atoms with Crippen molar-refractivity contribution in [2.24, 2.45) is 0 Å². The van der Waals surface area contributed by atoms with Gasteiger partial charge in [-0.15, -0.1) is 28.1 Å². The van der Waals surface area contributed by atoms with Crippen LogP contribution in [0.2, 0.25) is 5.02 Å². The maximum atomic E-state index is 12.4. The lowest BCUT2D eigenvalue weighted by Gasteiger charge is -2.10. The number of anilines is 1. The number of thiophene rings is 1. The van der Waals surface area contributed by atoms with Crippen LogP contribution in [0.4, 0.5) is 5.82 Å². The Balaban J connectivity index is 1.57. The highest BCUT2D eigenvalue weighted by Crippen LogP contribution is 2.39. The first-order chi connectivity index (χ1) is 15.6. The molecular formula is C23H20ClN5OS2.